The summed E-state index contributed by atoms with van der Waals surface area (Å²) in [5.41, 5.74) is 4.19. The van der Waals surface area contributed by atoms with Crippen molar-refractivity contribution >= 4 is 38.6 Å². The van der Waals surface area contributed by atoms with Crippen LogP contribution in [0.3, 0.4) is 0 Å². The van der Waals surface area contributed by atoms with Crippen molar-refractivity contribution < 1.29 is 27.4 Å². The molecule has 7 nitrogen and oxygen atoms in total. The minimum atomic E-state index is -4.19. The van der Waals surface area contributed by atoms with Crippen LogP contribution in [0, 0.1) is 11.2 Å². The van der Waals surface area contributed by atoms with E-state index in [1.165, 1.54) is 40.5 Å². The van der Waals surface area contributed by atoms with Crippen LogP contribution in [-0.4, -0.2) is 31.6 Å². The molecule has 0 radical (unpaired) electrons. The number of anilines is 1. The van der Waals surface area contributed by atoms with Crippen molar-refractivity contribution in [1.82, 2.24) is 4.98 Å². The molecule has 2 aromatic carbocycles. The summed E-state index contributed by atoms with van der Waals surface area (Å²) < 4.78 is 47.9. The monoisotopic (exact) mass is 556 g/mol. The van der Waals surface area contributed by atoms with Crippen molar-refractivity contribution in [3.05, 3.63) is 64.3 Å². The third-order valence-corrected chi connectivity index (χ3v) is 9.44. The Kier molecular flexibility index (Phi) is 6.81. The standard InChI is InChI=1S/C28H29FN2O5S2/c1-28(2)10-8-16(9-11-28)18-6-7-19(20(12-18)17-4-5-17)26-30-25(15-37-26)38(34,35)31-23-14-22(29)21(27(32)33)13-24(23)36-3/h6-8,12-15,17,31H,4-5,9-11H2,1-3H3,(H,32,33). The molecule has 10 heteroatoms. The van der Waals surface area contributed by atoms with E-state index < -0.39 is 27.4 Å². The van der Waals surface area contributed by atoms with E-state index in [0.717, 1.165) is 49.8 Å². The number of benzene rings is 2. The summed E-state index contributed by atoms with van der Waals surface area (Å²) in [6.07, 6.45) is 7.77. The third kappa shape index (κ3) is 5.33. The van der Waals surface area contributed by atoms with Crippen LogP contribution in [0.4, 0.5) is 10.1 Å². The minimum Gasteiger partial charge on any atom is -0.495 e. The smallest absolute Gasteiger partial charge is 0.338 e. The molecule has 2 N–H and O–H groups in total. The van der Waals surface area contributed by atoms with Gasteiger partial charge in [-0.3, -0.25) is 4.72 Å². The first kappa shape index (κ1) is 26.4. The molecule has 0 unspecified atom stereocenters. The molecule has 0 aliphatic heterocycles. The van der Waals surface area contributed by atoms with Gasteiger partial charge in [0.15, 0.2) is 5.03 Å². The lowest BCUT2D eigenvalue weighted by molar-refractivity contribution is 0.0691. The summed E-state index contributed by atoms with van der Waals surface area (Å²) in [5, 5.41) is 11.0. The lowest BCUT2D eigenvalue weighted by atomic mass is 9.77. The van der Waals surface area contributed by atoms with Gasteiger partial charge in [0.2, 0.25) is 0 Å². The number of thiazole rings is 1. The van der Waals surface area contributed by atoms with E-state index in [1.807, 2.05) is 6.07 Å². The van der Waals surface area contributed by atoms with Crippen molar-refractivity contribution in [1.29, 1.82) is 0 Å². The highest BCUT2D eigenvalue weighted by Gasteiger charge is 2.30. The summed E-state index contributed by atoms with van der Waals surface area (Å²) in [7, 11) is -2.95. The van der Waals surface area contributed by atoms with E-state index in [0.29, 0.717) is 16.3 Å². The second kappa shape index (κ2) is 9.81. The molecule has 200 valence electrons. The van der Waals surface area contributed by atoms with Crippen LogP contribution >= 0.6 is 11.3 Å². The van der Waals surface area contributed by atoms with Gasteiger partial charge in [-0.2, -0.15) is 8.42 Å². The first-order valence-electron chi connectivity index (χ1n) is 12.4. The number of hydrogen-bond donors (Lipinski definition) is 2. The average molecular weight is 557 g/mol. The molecule has 0 spiro atoms. The Morgan fingerprint density at radius 2 is 2.00 bits per heavy atom. The predicted octanol–water partition coefficient (Wildman–Crippen LogP) is 6.93. The SMILES string of the molecule is COc1cc(C(=O)O)c(F)cc1NS(=O)(=O)c1csc(-c2ccc(C3=CCC(C)(C)CC3)cc2C2CC2)n1. The highest BCUT2D eigenvalue weighted by atomic mass is 32.2. The Balaban J connectivity index is 1.44. The van der Waals surface area contributed by atoms with Gasteiger partial charge in [-0.25, -0.2) is 14.2 Å². The average Bonchev–Trinajstić information content (AvgIpc) is 3.58. The maximum absolute atomic E-state index is 14.3. The Morgan fingerprint density at radius 1 is 1.24 bits per heavy atom. The second-order valence-corrected chi connectivity index (χ2v) is 13.1. The summed E-state index contributed by atoms with van der Waals surface area (Å²) >= 11 is 1.23. The van der Waals surface area contributed by atoms with Crippen LogP contribution in [0.1, 0.15) is 73.4 Å². The molecule has 0 atom stereocenters. The number of sulfonamides is 1. The van der Waals surface area contributed by atoms with Crippen LogP contribution in [0.15, 0.2) is 46.8 Å². The number of carboxylic acid groups (broad SMARTS) is 1. The number of ether oxygens (including phenoxy) is 1. The molecule has 0 amide bonds. The molecule has 1 fully saturated rings. The molecule has 1 heterocycles. The van der Waals surface area contributed by atoms with Crippen LogP contribution < -0.4 is 9.46 Å². The number of halogens is 1. The van der Waals surface area contributed by atoms with Gasteiger partial charge in [0.25, 0.3) is 10.0 Å². The number of carbonyl (C=O) groups is 1. The van der Waals surface area contributed by atoms with Crippen molar-refractivity contribution in [2.75, 3.05) is 11.8 Å². The maximum Gasteiger partial charge on any atom is 0.338 e. The second-order valence-electron chi connectivity index (χ2n) is 10.6. The molecule has 38 heavy (non-hydrogen) atoms. The molecule has 0 bridgehead atoms. The largest absolute Gasteiger partial charge is 0.495 e. The highest BCUT2D eigenvalue weighted by molar-refractivity contribution is 7.92. The quantitative estimate of drug-likeness (QED) is 0.312. The molecule has 2 aliphatic rings. The molecule has 3 aromatic rings. The summed E-state index contributed by atoms with van der Waals surface area (Å²) in [6, 6.07) is 8.10. The first-order chi connectivity index (χ1) is 18.0. The summed E-state index contributed by atoms with van der Waals surface area (Å²) in [6.45, 7) is 4.58. The number of allylic oxidation sites excluding steroid dienone is 2. The normalized spacial score (nSPS) is 17.1. The fourth-order valence-electron chi connectivity index (χ4n) is 4.70. The van der Waals surface area contributed by atoms with Crippen LogP contribution in [0.2, 0.25) is 0 Å². The molecule has 1 aromatic heterocycles. The Hall–Kier alpha value is -3.24. The number of hydrogen-bond acceptors (Lipinski definition) is 6. The van der Waals surface area contributed by atoms with Gasteiger partial charge in [0.05, 0.1) is 18.4 Å². The van der Waals surface area contributed by atoms with E-state index in [1.54, 1.807) is 0 Å². The fraction of sp³-hybridized carbons (Fsp3) is 0.357. The minimum absolute atomic E-state index is 0.116. The van der Waals surface area contributed by atoms with E-state index in [-0.39, 0.29) is 16.5 Å². The summed E-state index contributed by atoms with van der Waals surface area (Å²) in [4.78, 5) is 15.6. The van der Waals surface area contributed by atoms with Crippen molar-refractivity contribution in [2.24, 2.45) is 5.41 Å². The first-order valence-corrected chi connectivity index (χ1v) is 14.8. The summed E-state index contributed by atoms with van der Waals surface area (Å²) in [5.74, 6) is -2.25. The lowest BCUT2D eigenvalue weighted by Gasteiger charge is -2.29. The zero-order chi connectivity index (χ0) is 27.2. The fourth-order valence-corrected chi connectivity index (χ4v) is 6.90. The van der Waals surface area contributed by atoms with Gasteiger partial charge in [-0.05, 0) is 66.2 Å². The molecular weight excluding hydrogens is 527 g/mol. The molecule has 0 saturated heterocycles. The molecule has 5 rings (SSSR count). The number of nitrogens with one attached hydrogen (secondary N) is 1. The number of aromatic nitrogens is 1. The Labute approximate surface area is 225 Å². The van der Waals surface area contributed by atoms with E-state index in [2.05, 4.69) is 41.8 Å². The van der Waals surface area contributed by atoms with Crippen LogP contribution in [0.5, 0.6) is 5.75 Å². The Morgan fingerprint density at radius 3 is 2.63 bits per heavy atom. The van der Waals surface area contributed by atoms with Gasteiger partial charge in [-0.1, -0.05) is 38.1 Å². The lowest BCUT2D eigenvalue weighted by Crippen LogP contribution is -2.15. The number of methoxy groups -OCH3 is 1. The molecule has 1 saturated carbocycles. The number of rotatable bonds is 8. The van der Waals surface area contributed by atoms with Crippen LogP contribution in [0.25, 0.3) is 16.1 Å². The van der Waals surface area contributed by atoms with Crippen molar-refractivity contribution in [3.8, 4) is 16.3 Å². The topological polar surface area (TPSA) is 106 Å². The zero-order valence-electron chi connectivity index (χ0n) is 21.4. The predicted molar refractivity (Wildman–Crippen MR) is 146 cm³/mol. The van der Waals surface area contributed by atoms with E-state index >= 15 is 0 Å². The molecular formula is C28H29FN2O5S2. The Bertz CT molecular complexity index is 1560. The van der Waals surface area contributed by atoms with Crippen molar-refractivity contribution in [2.45, 2.75) is 56.9 Å². The van der Waals surface area contributed by atoms with E-state index in [9.17, 15) is 17.6 Å². The van der Waals surface area contributed by atoms with Crippen molar-refractivity contribution in [3.63, 3.8) is 0 Å². The maximum atomic E-state index is 14.3. The number of aromatic carboxylic acids is 1. The van der Waals surface area contributed by atoms with Gasteiger partial charge < -0.3 is 9.84 Å². The van der Waals surface area contributed by atoms with Gasteiger partial charge in [-0.15, -0.1) is 11.3 Å². The number of carboxylic acids is 1. The van der Waals surface area contributed by atoms with Crippen LogP contribution in [-0.2, 0) is 10.0 Å². The molecule has 2 aliphatic carbocycles. The van der Waals surface area contributed by atoms with Gasteiger partial charge in [0.1, 0.15) is 16.6 Å². The zero-order valence-corrected chi connectivity index (χ0v) is 23.0. The number of nitrogens with zero attached hydrogens (tertiary/aromatic N) is 1. The van der Waals surface area contributed by atoms with E-state index in [4.69, 9.17) is 9.84 Å². The third-order valence-electron chi connectivity index (χ3n) is 7.16. The highest BCUT2D eigenvalue weighted by Crippen LogP contribution is 2.47. The van der Waals surface area contributed by atoms with Gasteiger partial charge >= 0.3 is 5.97 Å². The van der Waals surface area contributed by atoms with Gasteiger partial charge in [0, 0.05) is 17.0 Å².